The summed E-state index contributed by atoms with van der Waals surface area (Å²) in [4.78, 5) is 17.7. The quantitative estimate of drug-likeness (QED) is 0.508. The number of hydrogen-bond donors (Lipinski definition) is 1. The molecule has 12 heteroatoms. The third-order valence-corrected chi connectivity index (χ3v) is 5.02. The van der Waals surface area contributed by atoms with E-state index in [1.165, 1.54) is 6.20 Å². The number of pyridine rings is 2. The first-order valence-electron chi connectivity index (χ1n) is 9.65. The number of hydrazine groups is 1. The Morgan fingerprint density at radius 3 is 2.72 bits per heavy atom. The Morgan fingerprint density at radius 2 is 1.97 bits per heavy atom. The molecule has 4 aromatic heterocycles. The van der Waals surface area contributed by atoms with Gasteiger partial charge in [-0.1, -0.05) is 5.59 Å². The molecule has 1 N–H and O–H groups in total. The third kappa shape index (κ3) is 3.64. The van der Waals surface area contributed by atoms with Gasteiger partial charge in [0, 0.05) is 44.8 Å². The smallest absolute Gasteiger partial charge is 0.382 e. The number of halogens is 3. The van der Waals surface area contributed by atoms with E-state index in [0.717, 1.165) is 22.5 Å². The molecule has 4 aromatic rings. The van der Waals surface area contributed by atoms with Gasteiger partial charge >= 0.3 is 6.18 Å². The SMILES string of the molecule is Cn1ccnc1CCn1nc(-c2cc(N3C=C(C(F)(F)F)ON3)ccn2)c2ncccc21. The molecule has 0 radical (unpaired) electrons. The summed E-state index contributed by atoms with van der Waals surface area (Å²) in [5.41, 5.74) is 5.11. The van der Waals surface area contributed by atoms with E-state index in [-0.39, 0.29) is 0 Å². The second-order valence-electron chi connectivity index (χ2n) is 7.10. The van der Waals surface area contributed by atoms with Crippen molar-refractivity contribution in [1.29, 1.82) is 0 Å². The summed E-state index contributed by atoms with van der Waals surface area (Å²) in [7, 11) is 1.93. The molecule has 0 aliphatic carbocycles. The molecule has 1 aliphatic heterocycles. The van der Waals surface area contributed by atoms with Crippen molar-refractivity contribution in [3.05, 3.63) is 66.8 Å². The Kier molecular flexibility index (Phi) is 4.78. The first kappa shape index (κ1) is 20.0. The van der Waals surface area contributed by atoms with Crippen LogP contribution in [0.5, 0.6) is 0 Å². The van der Waals surface area contributed by atoms with Crippen LogP contribution in [0.4, 0.5) is 18.9 Å². The standard InChI is InChI=1S/C20H17F3N8O/c1-29-10-8-25-17(29)5-9-30-15-3-2-6-26-19(15)18(27-30)14-11-13(4-7-24-14)31-12-16(32-28-31)20(21,22)23/h2-4,6-8,10-12,28H,5,9H2,1H3. The fourth-order valence-corrected chi connectivity index (χ4v) is 3.42. The zero-order chi connectivity index (χ0) is 22.3. The van der Waals surface area contributed by atoms with Gasteiger partial charge in [0.05, 0.1) is 23.1 Å². The van der Waals surface area contributed by atoms with Crippen LogP contribution in [0.1, 0.15) is 5.82 Å². The molecule has 0 spiro atoms. The molecule has 0 saturated heterocycles. The summed E-state index contributed by atoms with van der Waals surface area (Å²) >= 11 is 0. The lowest BCUT2D eigenvalue weighted by atomic mass is 10.2. The summed E-state index contributed by atoms with van der Waals surface area (Å²) < 4.78 is 42.4. The predicted molar refractivity (Wildman–Crippen MR) is 109 cm³/mol. The maximum absolute atomic E-state index is 12.9. The van der Waals surface area contributed by atoms with Crippen LogP contribution < -0.4 is 10.6 Å². The van der Waals surface area contributed by atoms with Crippen LogP contribution in [0.25, 0.3) is 22.4 Å². The maximum Gasteiger partial charge on any atom is 0.453 e. The monoisotopic (exact) mass is 442 g/mol. The number of nitrogens with zero attached hydrogens (tertiary/aromatic N) is 7. The summed E-state index contributed by atoms with van der Waals surface area (Å²) in [6.07, 6.45) is 3.69. The van der Waals surface area contributed by atoms with Gasteiger partial charge in [-0.2, -0.15) is 18.3 Å². The molecule has 0 fully saturated rings. The van der Waals surface area contributed by atoms with Gasteiger partial charge in [-0.05, 0) is 24.3 Å². The number of allylic oxidation sites excluding steroid dienone is 1. The Labute approximate surface area is 179 Å². The van der Waals surface area contributed by atoms with Crippen LogP contribution in [0, 0.1) is 0 Å². The van der Waals surface area contributed by atoms with E-state index < -0.39 is 11.9 Å². The van der Waals surface area contributed by atoms with Crippen molar-refractivity contribution in [3.8, 4) is 11.4 Å². The normalized spacial score (nSPS) is 14.1. The molecule has 5 rings (SSSR count). The number of aromatic nitrogens is 6. The Hall–Kier alpha value is -3.93. The summed E-state index contributed by atoms with van der Waals surface area (Å²) in [6, 6.07) is 6.91. The lowest BCUT2D eigenvalue weighted by molar-refractivity contribution is -0.136. The molecule has 32 heavy (non-hydrogen) atoms. The van der Waals surface area contributed by atoms with E-state index in [4.69, 9.17) is 5.10 Å². The molecule has 0 bridgehead atoms. The van der Waals surface area contributed by atoms with E-state index in [2.05, 4.69) is 25.4 Å². The average molecular weight is 442 g/mol. The molecule has 9 nitrogen and oxygen atoms in total. The van der Waals surface area contributed by atoms with E-state index in [9.17, 15) is 13.2 Å². The van der Waals surface area contributed by atoms with Crippen molar-refractivity contribution >= 4 is 16.7 Å². The minimum Gasteiger partial charge on any atom is -0.382 e. The van der Waals surface area contributed by atoms with Gasteiger partial charge in [-0.15, -0.1) is 0 Å². The molecular formula is C20H17F3N8O. The van der Waals surface area contributed by atoms with Crippen LogP contribution in [0.2, 0.25) is 0 Å². The van der Waals surface area contributed by atoms with Crippen molar-refractivity contribution in [2.24, 2.45) is 7.05 Å². The molecule has 0 saturated carbocycles. The van der Waals surface area contributed by atoms with Gasteiger partial charge in [0.15, 0.2) is 0 Å². The molecule has 5 heterocycles. The van der Waals surface area contributed by atoms with Crippen LogP contribution in [0.3, 0.4) is 0 Å². The maximum atomic E-state index is 12.9. The van der Waals surface area contributed by atoms with Crippen LogP contribution in [0.15, 0.2) is 61.0 Å². The van der Waals surface area contributed by atoms with Crippen molar-refractivity contribution in [2.45, 2.75) is 19.1 Å². The van der Waals surface area contributed by atoms with Crippen molar-refractivity contribution in [3.63, 3.8) is 0 Å². The lowest BCUT2D eigenvalue weighted by Crippen LogP contribution is -2.27. The summed E-state index contributed by atoms with van der Waals surface area (Å²) in [5.74, 6) is -0.215. The number of nitrogens with one attached hydrogen (secondary N) is 1. The second kappa shape index (κ2) is 7.64. The Bertz CT molecular complexity index is 1310. The second-order valence-corrected chi connectivity index (χ2v) is 7.10. The number of aryl methyl sites for hydroxylation is 3. The highest BCUT2D eigenvalue weighted by atomic mass is 19.4. The van der Waals surface area contributed by atoms with Gasteiger partial charge in [-0.3, -0.25) is 14.6 Å². The Morgan fingerprint density at radius 1 is 1.09 bits per heavy atom. The van der Waals surface area contributed by atoms with Gasteiger partial charge in [0.25, 0.3) is 0 Å². The van der Waals surface area contributed by atoms with Crippen LogP contribution in [-0.2, 0) is 24.9 Å². The van der Waals surface area contributed by atoms with E-state index >= 15 is 0 Å². The highest BCUT2D eigenvalue weighted by Gasteiger charge is 2.40. The minimum atomic E-state index is -4.59. The van der Waals surface area contributed by atoms with Crippen molar-refractivity contribution in [1.82, 2.24) is 34.9 Å². The molecular weight excluding hydrogens is 425 g/mol. The number of anilines is 1. The third-order valence-electron chi connectivity index (χ3n) is 5.02. The Balaban J connectivity index is 1.48. The molecule has 164 valence electrons. The topological polar surface area (TPSA) is 85.9 Å². The molecule has 0 amide bonds. The molecule has 0 unspecified atom stereocenters. The lowest BCUT2D eigenvalue weighted by Gasteiger charge is -2.13. The zero-order valence-corrected chi connectivity index (χ0v) is 16.8. The first-order chi connectivity index (χ1) is 15.4. The number of alkyl halides is 3. The fraction of sp³-hybridized carbons (Fsp3) is 0.200. The highest BCUT2D eigenvalue weighted by molar-refractivity contribution is 5.89. The first-order valence-corrected chi connectivity index (χ1v) is 9.65. The van der Waals surface area contributed by atoms with Gasteiger partial charge in [-0.25, -0.2) is 9.99 Å². The van der Waals surface area contributed by atoms with Crippen LogP contribution in [-0.4, -0.2) is 35.5 Å². The van der Waals surface area contributed by atoms with Gasteiger partial charge in [0.2, 0.25) is 5.76 Å². The largest absolute Gasteiger partial charge is 0.453 e. The van der Waals surface area contributed by atoms with E-state index in [0.29, 0.717) is 35.6 Å². The van der Waals surface area contributed by atoms with Crippen LogP contribution >= 0.6 is 0 Å². The average Bonchev–Trinajstić information content (AvgIpc) is 3.51. The number of fused-ring (bicyclic) bond motifs is 1. The van der Waals surface area contributed by atoms with E-state index in [1.54, 1.807) is 24.5 Å². The van der Waals surface area contributed by atoms with Gasteiger partial charge in [0.1, 0.15) is 17.0 Å². The van der Waals surface area contributed by atoms with Crippen molar-refractivity contribution in [2.75, 3.05) is 5.01 Å². The van der Waals surface area contributed by atoms with Gasteiger partial charge < -0.3 is 9.40 Å². The molecule has 0 atom stereocenters. The van der Waals surface area contributed by atoms with E-state index in [1.807, 2.05) is 34.6 Å². The predicted octanol–water partition coefficient (Wildman–Crippen LogP) is 3.13. The number of imidazole rings is 1. The summed E-state index contributed by atoms with van der Waals surface area (Å²) in [6.45, 7) is 0.575. The fourth-order valence-electron chi connectivity index (χ4n) is 3.42. The molecule has 0 aromatic carbocycles. The highest BCUT2D eigenvalue weighted by Crippen LogP contribution is 2.32. The number of rotatable bonds is 5. The molecule has 1 aliphatic rings. The minimum absolute atomic E-state index is 0.404. The zero-order valence-electron chi connectivity index (χ0n) is 16.8. The number of hydrogen-bond acceptors (Lipinski definition) is 7. The summed E-state index contributed by atoms with van der Waals surface area (Å²) in [5, 5.41) is 5.83. The van der Waals surface area contributed by atoms with Crippen molar-refractivity contribution < 1.29 is 18.0 Å².